The molecule has 2 aromatic carbocycles. The summed E-state index contributed by atoms with van der Waals surface area (Å²) in [5.74, 6) is -0.675. The van der Waals surface area contributed by atoms with Gasteiger partial charge in [-0.25, -0.2) is 18.5 Å². The predicted octanol–water partition coefficient (Wildman–Crippen LogP) is 1.84. The summed E-state index contributed by atoms with van der Waals surface area (Å²) >= 11 is 0. The monoisotopic (exact) mass is 490 g/mol. The first-order chi connectivity index (χ1) is 16.6. The second-order valence-corrected chi connectivity index (χ2v) is 9.09. The van der Waals surface area contributed by atoms with E-state index in [2.05, 4.69) is 20.3 Å². The maximum absolute atomic E-state index is 13.1. The highest BCUT2D eigenvalue weighted by Gasteiger charge is 2.37. The Morgan fingerprint density at radius 2 is 1.74 bits per heavy atom. The molecule has 2 heterocycles. The van der Waals surface area contributed by atoms with Gasteiger partial charge in [-0.05, 0) is 31.2 Å². The minimum Gasteiger partial charge on any atom is -0.279 e. The number of nitrogens with zero attached hydrogens (tertiary/aromatic N) is 7. The second kappa shape index (κ2) is 9.01. The molecule has 4 rings (SSSR count). The van der Waals surface area contributed by atoms with Gasteiger partial charge in [-0.1, -0.05) is 30.3 Å². The molecule has 1 aliphatic heterocycles. The number of amides is 1. The molecule has 0 saturated carbocycles. The topological polar surface area (TPSA) is 176 Å². The summed E-state index contributed by atoms with van der Waals surface area (Å²) in [6.45, 7) is 1.57. The molecule has 1 aromatic heterocycles. The molecule has 0 saturated heterocycles. The van der Waals surface area contributed by atoms with Gasteiger partial charge in [0, 0.05) is 12.6 Å². The number of rotatable bonds is 5. The maximum Gasteiger partial charge on any atom is 0.282 e. The van der Waals surface area contributed by atoms with Crippen LogP contribution in [0.2, 0.25) is 0 Å². The fourth-order valence-corrected chi connectivity index (χ4v) is 3.86. The van der Waals surface area contributed by atoms with Crippen molar-refractivity contribution >= 4 is 33.3 Å². The number of sulfonamides is 1. The number of hydrogen-bond donors (Lipinski definition) is 1. The number of hydrogen-bond acceptors (Lipinski definition) is 9. The zero-order chi connectivity index (χ0) is 25.3. The molecular weight excluding hydrogens is 472 g/mol. The molecule has 1 aliphatic rings. The summed E-state index contributed by atoms with van der Waals surface area (Å²) in [7, 11) is -2.46. The maximum atomic E-state index is 13.1. The first-order valence-electron chi connectivity index (χ1n) is 10.1. The Kier molecular flexibility index (Phi) is 6.08. The lowest BCUT2D eigenvalue weighted by molar-refractivity contribution is -0.118. The number of carbonyl (C=O) groups is 1. The van der Waals surface area contributed by atoms with Crippen LogP contribution in [0.1, 0.15) is 12.5 Å². The van der Waals surface area contributed by atoms with Gasteiger partial charge in [0.15, 0.2) is 6.04 Å². The van der Waals surface area contributed by atoms with Gasteiger partial charge < -0.3 is 0 Å². The first-order valence-corrected chi connectivity index (χ1v) is 11.7. The molecule has 13 heteroatoms. The lowest BCUT2D eigenvalue weighted by Gasteiger charge is -2.16. The number of azo groups is 1. The van der Waals surface area contributed by atoms with Crippen molar-refractivity contribution < 1.29 is 13.2 Å². The Labute approximate surface area is 199 Å². The molecule has 1 unspecified atom stereocenters. The summed E-state index contributed by atoms with van der Waals surface area (Å²) in [6, 6.07) is 14.8. The summed E-state index contributed by atoms with van der Waals surface area (Å²) < 4.78 is 23.8. The molecule has 176 valence electrons. The minimum atomic E-state index is -3.85. The molecule has 0 radical (unpaired) electrons. The number of anilines is 1. The standard InChI is InChI=1S/C22H18N8O4S/c1-13-18(27-26-15-8-10-16(11-9-15)35(24,33)34)21(32)30(28-13)22-25-19(14-6-4-3-5-7-14)17(12-23)20(31)29(22)2/h3-11,18H,1-2H3,(H2,24,33,34). The molecule has 2 N–H and O–H groups in total. The lowest BCUT2D eigenvalue weighted by atomic mass is 10.1. The van der Waals surface area contributed by atoms with Crippen LogP contribution in [0, 0.1) is 11.3 Å². The van der Waals surface area contributed by atoms with Crippen molar-refractivity contribution in [2.24, 2.45) is 27.5 Å². The number of carbonyl (C=O) groups excluding carboxylic acids is 1. The molecule has 0 fully saturated rings. The van der Waals surface area contributed by atoms with Crippen LogP contribution in [0.15, 0.2) is 79.6 Å². The van der Waals surface area contributed by atoms with Gasteiger partial charge in [0.25, 0.3) is 11.5 Å². The second-order valence-electron chi connectivity index (χ2n) is 7.53. The van der Waals surface area contributed by atoms with Crippen molar-refractivity contribution in [1.82, 2.24) is 9.55 Å². The van der Waals surface area contributed by atoms with E-state index in [4.69, 9.17) is 5.14 Å². The largest absolute Gasteiger partial charge is 0.282 e. The molecule has 12 nitrogen and oxygen atoms in total. The van der Waals surface area contributed by atoms with Gasteiger partial charge in [0.1, 0.15) is 11.6 Å². The van der Waals surface area contributed by atoms with Crippen LogP contribution in [0.4, 0.5) is 11.6 Å². The van der Waals surface area contributed by atoms with E-state index in [1.807, 2.05) is 6.07 Å². The van der Waals surface area contributed by atoms with Crippen LogP contribution < -0.4 is 15.7 Å². The highest BCUT2D eigenvalue weighted by atomic mass is 32.2. The molecule has 0 bridgehead atoms. The average molecular weight is 491 g/mol. The van der Waals surface area contributed by atoms with Crippen LogP contribution in [0.3, 0.4) is 0 Å². The Morgan fingerprint density at radius 1 is 1.09 bits per heavy atom. The summed E-state index contributed by atoms with van der Waals surface area (Å²) in [6.07, 6.45) is 0. The SMILES string of the molecule is CC1=NN(c2nc(-c3ccccc3)c(C#N)c(=O)n2C)C(=O)C1N=Nc1ccc(S(N)(=O)=O)cc1. The normalized spacial score (nSPS) is 15.9. The van der Waals surface area contributed by atoms with E-state index in [-0.39, 0.29) is 22.1 Å². The molecule has 3 aromatic rings. The van der Waals surface area contributed by atoms with Crippen molar-refractivity contribution in [2.45, 2.75) is 17.9 Å². The Morgan fingerprint density at radius 3 is 2.34 bits per heavy atom. The van der Waals surface area contributed by atoms with Gasteiger partial charge in [-0.15, -0.1) is 0 Å². The Hall–Kier alpha value is -4.54. The fourth-order valence-electron chi connectivity index (χ4n) is 3.35. The van der Waals surface area contributed by atoms with Crippen molar-refractivity contribution in [3.8, 4) is 17.3 Å². The zero-order valence-electron chi connectivity index (χ0n) is 18.5. The third-order valence-electron chi connectivity index (χ3n) is 5.17. The van der Waals surface area contributed by atoms with E-state index in [1.165, 1.54) is 31.3 Å². The van der Waals surface area contributed by atoms with Crippen molar-refractivity contribution in [1.29, 1.82) is 5.26 Å². The molecule has 0 spiro atoms. The lowest BCUT2D eigenvalue weighted by Crippen LogP contribution is -2.35. The van der Waals surface area contributed by atoms with Crippen molar-refractivity contribution in [3.63, 3.8) is 0 Å². The van der Waals surface area contributed by atoms with E-state index in [0.717, 1.165) is 9.58 Å². The molecule has 35 heavy (non-hydrogen) atoms. The average Bonchev–Trinajstić information content (AvgIpc) is 3.12. The van der Waals surface area contributed by atoms with E-state index < -0.39 is 27.5 Å². The first kappa shape index (κ1) is 23.6. The van der Waals surface area contributed by atoms with Crippen LogP contribution in [0.25, 0.3) is 11.3 Å². The number of primary sulfonamides is 1. The quantitative estimate of drug-likeness (QED) is 0.533. The van der Waals surface area contributed by atoms with Gasteiger partial charge >= 0.3 is 0 Å². The number of hydrazone groups is 1. The van der Waals surface area contributed by atoms with Crippen molar-refractivity contribution in [3.05, 3.63) is 70.5 Å². The number of benzene rings is 2. The summed E-state index contributed by atoms with van der Waals surface area (Å²) in [4.78, 5) is 30.3. The molecule has 1 atom stereocenters. The summed E-state index contributed by atoms with van der Waals surface area (Å²) in [5.41, 5.74) is 0.485. The van der Waals surface area contributed by atoms with Crippen LogP contribution in [-0.2, 0) is 21.9 Å². The smallest absolute Gasteiger partial charge is 0.279 e. The Bertz CT molecular complexity index is 1590. The van der Waals surface area contributed by atoms with Crippen molar-refractivity contribution in [2.75, 3.05) is 5.01 Å². The minimum absolute atomic E-state index is 0.0765. The van der Waals surface area contributed by atoms with E-state index in [9.17, 15) is 23.3 Å². The van der Waals surface area contributed by atoms with Crippen LogP contribution in [-0.4, -0.2) is 35.6 Å². The third kappa shape index (κ3) is 4.47. The molecular formula is C22H18N8O4S. The predicted molar refractivity (Wildman–Crippen MR) is 126 cm³/mol. The highest BCUT2D eigenvalue weighted by Crippen LogP contribution is 2.26. The van der Waals surface area contributed by atoms with Gasteiger partial charge in [-0.3, -0.25) is 14.2 Å². The van der Waals surface area contributed by atoms with Crippen LogP contribution >= 0.6 is 0 Å². The van der Waals surface area contributed by atoms with Gasteiger partial charge in [0.2, 0.25) is 16.0 Å². The van der Waals surface area contributed by atoms with Crippen LogP contribution in [0.5, 0.6) is 0 Å². The third-order valence-corrected chi connectivity index (χ3v) is 6.09. The molecule has 1 amide bonds. The van der Waals surface area contributed by atoms with Gasteiger partial charge in [0.05, 0.1) is 22.0 Å². The molecule has 0 aliphatic carbocycles. The van der Waals surface area contributed by atoms with E-state index >= 15 is 0 Å². The highest BCUT2D eigenvalue weighted by molar-refractivity contribution is 7.89. The zero-order valence-corrected chi connectivity index (χ0v) is 19.3. The number of nitrogens with two attached hydrogens (primary N) is 1. The number of aromatic nitrogens is 2. The number of nitriles is 1. The van der Waals surface area contributed by atoms with E-state index in [0.29, 0.717) is 17.0 Å². The van der Waals surface area contributed by atoms with Gasteiger partial charge in [-0.2, -0.15) is 25.6 Å². The Balaban J connectivity index is 1.68. The van der Waals surface area contributed by atoms with E-state index in [1.54, 1.807) is 37.3 Å². The fraction of sp³-hybridized carbons (Fsp3) is 0.136. The summed E-state index contributed by atoms with van der Waals surface area (Å²) in [5, 5.41) is 27.8.